The Labute approximate surface area is 164 Å². The van der Waals surface area contributed by atoms with Gasteiger partial charge in [-0.25, -0.2) is 0 Å². The molecule has 0 atom stereocenters. The number of methoxy groups -OCH3 is 1. The van der Waals surface area contributed by atoms with E-state index in [0.717, 1.165) is 37.9 Å². The highest BCUT2D eigenvalue weighted by molar-refractivity contribution is 5.85. The number of aryl methyl sites for hydroxylation is 1. The molecule has 146 valence electrons. The van der Waals surface area contributed by atoms with Crippen LogP contribution in [-0.4, -0.2) is 36.2 Å². The number of nitrogens with one attached hydrogen (secondary N) is 1. The van der Waals surface area contributed by atoms with Crippen molar-refractivity contribution in [3.63, 3.8) is 0 Å². The number of benzene rings is 2. The van der Waals surface area contributed by atoms with Crippen LogP contribution in [0.5, 0.6) is 11.5 Å². The highest BCUT2D eigenvalue weighted by atomic mass is 16.5. The third-order valence-corrected chi connectivity index (χ3v) is 5.41. The van der Waals surface area contributed by atoms with Crippen molar-refractivity contribution < 1.29 is 9.47 Å². The van der Waals surface area contributed by atoms with Crippen LogP contribution in [0.3, 0.4) is 0 Å². The number of nitrogens with zero attached hydrogens (tertiary/aromatic N) is 1. The van der Waals surface area contributed by atoms with E-state index in [2.05, 4.69) is 41.1 Å². The highest BCUT2D eigenvalue weighted by Gasteiger charge is 2.22. The Kier molecular flexibility index (Phi) is 5.35. The maximum Gasteiger partial charge on any atom is 0.255 e. The van der Waals surface area contributed by atoms with Gasteiger partial charge >= 0.3 is 0 Å². The van der Waals surface area contributed by atoms with Crippen LogP contribution >= 0.6 is 0 Å². The molecule has 5 nitrogen and oxygen atoms in total. The van der Waals surface area contributed by atoms with E-state index < -0.39 is 0 Å². The molecule has 2 aromatic carbocycles. The monoisotopic (exact) mass is 378 g/mol. The van der Waals surface area contributed by atoms with Crippen LogP contribution in [0.15, 0.2) is 53.5 Å². The fourth-order valence-corrected chi connectivity index (χ4v) is 3.76. The molecule has 0 saturated carbocycles. The van der Waals surface area contributed by atoms with Crippen LogP contribution in [0.25, 0.3) is 10.8 Å². The number of ether oxygens (including phenoxy) is 2. The first-order valence-corrected chi connectivity index (χ1v) is 9.76. The number of aromatic nitrogens is 1. The van der Waals surface area contributed by atoms with E-state index in [1.165, 1.54) is 11.1 Å². The molecule has 1 saturated heterocycles. The molecule has 1 fully saturated rings. The van der Waals surface area contributed by atoms with Crippen LogP contribution in [0.4, 0.5) is 0 Å². The fraction of sp³-hybridized carbons (Fsp3) is 0.348. The summed E-state index contributed by atoms with van der Waals surface area (Å²) in [6, 6.07) is 14.3. The predicted octanol–water partition coefficient (Wildman–Crippen LogP) is 3.89. The second-order valence-corrected chi connectivity index (χ2v) is 7.48. The first-order valence-electron chi connectivity index (χ1n) is 9.76. The minimum absolute atomic E-state index is 0.119. The Balaban J connectivity index is 1.42. The standard InChI is InChI=1S/C23H26N2O3/c1-16-3-5-17(6-4-16)15-25-11-8-19(9-12-25)28-22-13-18-7-10-24-23(26)20(18)14-21(22)27-2/h3-7,10,13-14,19H,8-9,11-12,15H2,1-2H3,(H,24,26). The van der Waals surface area contributed by atoms with Gasteiger partial charge < -0.3 is 14.5 Å². The number of likely N-dealkylation sites (tertiary alicyclic amines) is 1. The van der Waals surface area contributed by atoms with E-state index in [4.69, 9.17) is 9.47 Å². The fourth-order valence-electron chi connectivity index (χ4n) is 3.76. The quantitative estimate of drug-likeness (QED) is 0.732. The topological polar surface area (TPSA) is 54.6 Å². The van der Waals surface area contributed by atoms with Gasteiger partial charge in [-0.1, -0.05) is 29.8 Å². The SMILES string of the molecule is COc1cc2c(=O)[nH]ccc2cc1OC1CCN(Cc2ccc(C)cc2)CC1. The van der Waals surface area contributed by atoms with Gasteiger partial charge in [0.1, 0.15) is 6.10 Å². The smallest absolute Gasteiger partial charge is 0.255 e. The van der Waals surface area contributed by atoms with Crippen molar-refractivity contribution in [2.24, 2.45) is 0 Å². The largest absolute Gasteiger partial charge is 0.493 e. The number of piperidine rings is 1. The van der Waals surface area contributed by atoms with Gasteiger partial charge in [-0.3, -0.25) is 9.69 Å². The summed E-state index contributed by atoms with van der Waals surface area (Å²) in [4.78, 5) is 17.2. The van der Waals surface area contributed by atoms with Crippen molar-refractivity contribution in [2.45, 2.75) is 32.4 Å². The lowest BCUT2D eigenvalue weighted by Crippen LogP contribution is -2.37. The van der Waals surface area contributed by atoms with E-state index in [0.29, 0.717) is 16.9 Å². The summed E-state index contributed by atoms with van der Waals surface area (Å²) in [6.07, 6.45) is 3.76. The molecule has 2 heterocycles. The van der Waals surface area contributed by atoms with Gasteiger partial charge in [-0.2, -0.15) is 0 Å². The number of pyridine rings is 1. The summed E-state index contributed by atoms with van der Waals surface area (Å²) in [7, 11) is 1.61. The van der Waals surface area contributed by atoms with Crippen molar-refractivity contribution >= 4 is 10.8 Å². The summed E-state index contributed by atoms with van der Waals surface area (Å²) in [5.41, 5.74) is 2.53. The van der Waals surface area contributed by atoms with Crippen molar-refractivity contribution in [1.82, 2.24) is 9.88 Å². The second kappa shape index (κ2) is 8.07. The lowest BCUT2D eigenvalue weighted by molar-refractivity contribution is 0.0945. The van der Waals surface area contributed by atoms with E-state index in [1.807, 2.05) is 12.1 Å². The van der Waals surface area contributed by atoms with E-state index >= 15 is 0 Å². The first-order chi connectivity index (χ1) is 13.6. The summed E-state index contributed by atoms with van der Waals surface area (Å²) < 4.78 is 11.7. The van der Waals surface area contributed by atoms with E-state index in [9.17, 15) is 4.79 Å². The molecule has 28 heavy (non-hydrogen) atoms. The zero-order valence-corrected chi connectivity index (χ0v) is 16.4. The maximum atomic E-state index is 12.0. The minimum Gasteiger partial charge on any atom is -0.493 e. The number of aromatic amines is 1. The number of H-pyrrole nitrogens is 1. The van der Waals surface area contributed by atoms with Crippen molar-refractivity contribution in [3.8, 4) is 11.5 Å². The van der Waals surface area contributed by atoms with Crippen LogP contribution in [0, 0.1) is 6.92 Å². The molecule has 0 aliphatic carbocycles. The molecule has 5 heteroatoms. The molecule has 0 spiro atoms. The maximum absolute atomic E-state index is 12.0. The molecule has 1 aliphatic heterocycles. The number of hydrogen-bond donors (Lipinski definition) is 1. The molecule has 1 N–H and O–H groups in total. The van der Waals surface area contributed by atoms with Gasteiger partial charge in [0.15, 0.2) is 11.5 Å². The third-order valence-electron chi connectivity index (χ3n) is 5.41. The van der Waals surface area contributed by atoms with E-state index in [-0.39, 0.29) is 11.7 Å². The van der Waals surface area contributed by atoms with Gasteiger partial charge in [-0.15, -0.1) is 0 Å². The summed E-state index contributed by atoms with van der Waals surface area (Å²) in [6.45, 7) is 5.11. The third kappa shape index (κ3) is 4.04. The average Bonchev–Trinajstić information content (AvgIpc) is 2.71. The van der Waals surface area contributed by atoms with Gasteiger partial charge in [0.05, 0.1) is 12.5 Å². The zero-order chi connectivity index (χ0) is 19.5. The van der Waals surface area contributed by atoms with Crippen LogP contribution in [0.2, 0.25) is 0 Å². The molecular weight excluding hydrogens is 352 g/mol. The molecule has 1 aromatic heterocycles. The van der Waals surface area contributed by atoms with Gasteiger partial charge in [-0.05, 0) is 48.9 Å². The summed E-state index contributed by atoms with van der Waals surface area (Å²) in [5, 5.41) is 1.47. The molecular formula is C23H26N2O3. The summed E-state index contributed by atoms with van der Waals surface area (Å²) >= 11 is 0. The Bertz CT molecular complexity index is 1000. The van der Waals surface area contributed by atoms with Gasteiger partial charge in [0, 0.05) is 25.8 Å². The van der Waals surface area contributed by atoms with Crippen LogP contribution in [0.1, 0.15) is 24.0 Å². The number of rotatable bonds is 5. The molecule has 0 bridgehead atoms. The Hall–Kier alpha value is -2.79. The lowest BCUT2D eigenvalue weighted by atomic mass is 10.1. The molecule has 0 unspecified atom stereocenters. The zero-order valence-electron chi connectivity index (χ0n) is 16.4. The molecule has 0 radical (unpaired) electrons. The number of fused-ring (bicyclic) bond motifs is 1. The molecule has 0 amide bonds. The van der Waals surface area contributed by atoms with Gasteiger partial charge in [0.25, 0.3) is 5.56 Å². The van der Waals surface area contributed by atoms with Crippen molar-refractivity contribution in [2.75, 3.05) is 20.2 Å². The molecule has 3 aromatic rings. The summed E-state index contributed by atoms with van der Waals surface area (Å²) in [5.74, 6) is 1.31. The number of hydrogen-bond acceptors (Lipinski definition) is 4. The second-order valence-electron chi connectivity index (χ2n) is 7.48. The van der Waals surface area contributed by atoms with Crippen molar-refractivity contribution in [1.29, 1.82) is 0 Å². The predicted molar refractivity (Wildman–Crippen MR) is 111 cm³/mol. The minimum atomic E-state index is -0.119. The molecule has 4 rings (SSSR count). The van der Waals surface area contributed by atoms with Crippen LogP contribution in [-0.2, 0) is 6.54 Å². The van der Waals surface area contributed by atoms with Gasteiger partial charge in [0.2, 0.25) is 0 Å². The van der Waals surface area contributed by atoms with E-state index in [1.54, 1.807) is 19.4 Å². The lowest BCUT2D eigenvalue weighted by Gasteiger charge is -2.32. The van der Waals surface area contributed by atoms with Crippen LogP contribution < -0.4 is 15.0 Å². The Morgan fingerprint density at radius 1 is 1.07 bits per heavy atom. The normalized spacial score (nSPS) is 15.6. The highest BCUT2D eigenvalue weighted by Crippen LogP contribution is 2.33. The molecule has 1 aliphatic rings. The Morgan fingerprint density at radius 2 is 1.82 bits per heavy atom. The van der Waals surface area contributed by atoms with Crippen molar-refractivity contribution in [3.05, 3.63) is 70.1 Å². The Morgan fingerprint density at radius 3 is 2.54 bits per heavy atom. The first kappa shape index (κ1) is 18.6. The average molecular weight is 378 g/mol.